The van der Waals surface area contributed by atoms with Crippen LogP contribution in [0.15, 0.2) is 0 Å². The zero-order valence-corrected chi connectivity index (χ0v) is 60.4. The Morgan fingerprint density at radius 2 is 0.562 bits per heavy atom. The van der Waals surface area contributed by atoms with Gasteiger partial charge in [-0.1, -0.05) is 76.2 Å². The molecule has 0 saturated heterocycles. The number of hydrogen-bond acceptors (Lipinski definition) is 6. The Bertz CT molecular complexity index is 2160. The SMILES string of the molecule is C[C@@H]([C@H]1CC[C@H]2[C@@H]3CC[C@@H]4CC(C)(C)CC[C@]4(C)[C@H]3CC[C@]12C)[C@H](O)C(F)(F)F.C[C@@H]([C@H]1CC[C@H]2[C@@H]3CC[C@@H]4C[C@@](C)(O)CC[C@]4(C)[C@H]3CC[C@]12C)[C@H](O)C(F)(F)F.C[C@@H]([C@H]1CC[C@H]2[C@@H]3CC[C@@H]4C[C@@](C)(O)CC[C@]4(C)[C@H]3CC[C@]12C)[C@H](O)C(F)(F)F.[K+].[OH-]. The Hall–Kier alpha value is 0.766. The van der Waals surface area contributed by atoms with Crippen molar-refractivity contribution in [3.05, 3.63) is 0 Å². The summed E-state index contributed by atoms with van der Waals surface area (Å²) in [5.74, 6) is 5.05. The van der Waals surface area contributed by atoms with Crippen LogP contribution < -0.4 is 51.4 Å². The second-order valence-corrected chi connectivity index (χ2v) is 36.5. The third-order valence-corrected chi connectivity index (χ3v) is 31.7. The molecule has 512 valence electrons. The van der Waals surface area contributed by atoms with Crippen LogP contribution in [0.2, 0.25) is 0 Å². The van der Waals surface area contributed by atoms with Crippen LogP contribution in [0.25, 0.3) is 0 Å². The van der Waals surface area contributed by atoms with E-state index in [0.29, 0.717) is 70.0 Å². The van der Waals surface area contributed by atoms with Gasteiger partial charge in [-0.2, -0.15) is 39.5 Å². The molecule has 0 unspecified atom stereocenters. The van der Waals surface area contributed by atoms with Crippen LogP contribution in [-0.4, -0.2) is 79.1 Å². The van der Waals surface area contributed by atoms with Crippen LogP contribution in [-0.2, 0) is 0 Å². The minimum Gasteiger partial charge on any atom is -0.870 e. The average molecular weight is 1300 g/mol. The normalized spacial score (nSPS) is 50.0. The fraction of sp³-hybridized carbons (Fsp3) is 1.00. The molecule has 12 rings (SSSR count). The molecule has 12 saturated carbocycles. The van der Waals surface area contributed by atoms with E-state index in [1.165, 1.54) is 38.5 Å². The summed E-state index contributed by atoms with van der Waals surface area (Å²) in [6.45, 7) is 27.8. The molecule has 89 heavy (non-hydrogen) atoms. The molecule has 29 atom stereocenters. The van der Waals surface area contributed by atoms with Crippen molar-refractivity contribution in [1.82, 2.24) is 0 Å². The van der Waals surface area contributed by atoms with E-state index in [1.54, 1.807) is 20.8 Å². The molecule has 12 aliphatic carbocycles. The van der Waals surface area contributed by atoms with Gasteiger partial charge in [0.25, 0.3) is 0 Å². The van der Waals surface area contributed by atoms with Gasteiger partial charge in [0.05, 0.1) is 11.2 Å². The first kappa shape index (κ1) is 75.5. The van der Waals surface area contributed by atoms with Crippen molar-refractivity contribution >= 4 is 0 Å². The molecular formula is C73H120F9KO6. The van der Waals surface area contributed by atoms with Crippen molar-refractivity contribution in [2.75, 3.05) is 0 Å². The summed E-state index contributed by atoms with van der Waals surface area (Å²) in [5, 5.41) is 51.1. The van der Waals surface area contributed by atoms with Gasteiger partial charge in [0.2, 0.25) is 0 Å². The molecule has 0 aromatic carbocycles. The molecule has 12 aliphatic rings. The number of aliphatic hydroxyl groups is 5. The van der Waals surface area contributed by atoms with Gasteiger partial charge in [-0.3, -0.25) is 0 Å². The molecule has 0 amide bonds. The monoisotopic (exact) mass is 1300 g/mol. The summed E-state index contributed by atoms with van der Waals surface area (Å²) < 4.78 is 119. The third-order valence-electron chi connectivity index (χ3n) is 31.7. The maximum atomic E-state index is 13.2. The maximum absolute atomic E-state index is 13.2. The Kier molecular flexibility index (Phi) is 21.9. The van der Waals surface area contributed by atoms with Crippen LogP contribution >= 0.6 is 0 Å². The smallest absolute Gasteiger partial charge is 0.870 e. The first-order chi connectivity index (χ1) is 39.9. The van der Waals surface area contributed by atoms with Crippen LogP contribution in [0.3, 0.4) is 0 Å². The number of hydrogen-bond donors (Lipinski definition) is 5. The van der Waals surface area contributed by atoms with E-state index in [-0.39, 0.29) is 102 Å². The number of halogens is 9. The second kappa shape index (κ2) is 25.8. The van der Waals surface area contributed by atoms with Crippen molar-refractivity contribution in [2.24, 2.45) is 144 Å². The zero-order valence-electron chi connectivity index (χ0n) is 57.3. The van der Waals surface area contributed by atoms with Gasteiger partial charge in [0.15, 0.2) is 18.3 Å². The first-order valence-electron chi connectivity index (χ1n) is 35.6. The molecule has 6 N–H and O–H groups in total. The fourth-order valence-corrected chi connectivity index (χ4v) is 26.8. The van der Waals surface area contributed by atoms with E-state index < -0.39 is 65.8 Å². The van der Waals surface area contributed by atoms with Gasteiger partial charge in [-0.25, -0.2) is 0 Å². The van der Waals surface area contributed by atoms with Gasteiger partial charge in [-0.05, 0) is 332 Å². The Labute approximate surface area is 573 Å². The third kappa shape index (κ3) is 13.5. The molecule has 0 spiro atoms. The van der Waals surface area contributed by atoms with E-state index >= 15 is 0 Å². The molecule has 0 aromatic heterocycles. The van der Waals surface area contributed by atoms with Gasteiger partial charge >= 0.3 is 69.9 Å². The molecule has 0 aliphatic heterocycles. The summed E-state index contributed by atoms with van der Waals surface area (Å²) in [5.41, 5.74) is 0.125. The molecule has 0 aromatic rings. The van der Waals surface area contributed by atoms with Crippen molar-refractivity contribution in [2.45, 2.75) is 311 Å². The maximum Gasteiger partial charge on any atom is 1.00 e. The van der Waals surface area contributed by atoms with Crippen molar-refractivity contribution < 1.29 is 122 Å². The Morgan fingerprint density at radius 1 is 0.315 bits per heavy atom. The standard InChI is InChI=1S/C25H41F3O.2C24H39F3O2.K.H2O/c1-15(21(29)25(26,27)28)18-8-9-19-17-7-6-16-14-22(2,3)12-13-23(16,4)20(17)10-11-24(18,19)5;2*1-14(20(28)24(25,26)27)17-7-8-18-16-6-5-15-13-21(2,29)11-12-22(15,3)19(16)9-10-23(17,18)4;;/h15-21,29H,6-14H2,1-5H3;2*14-20,28-29H,5-13H2,1-4H3;;1H2/q;;;+1;/p-1/t15-,16+,17-,18+,19-,20-,21-,23-,24+;2*14-,15+,16-,17+,18-,19-,20-,21-,22-,23+;;/m000../s1. The van der Waals surface area contributed by atoms with E-state index in [2.05, 4.69) is 55.4 Å². The molecule has 0 radical (unpaired) electrons. The predicted molar refractivity (Wildman–Crippen MR) is 326 cm³/mol. The topological polar surface area (TPSA) is 131 Å². The van der Waals surface area contributed by atoms with Crippen molar-refractivity contribution in [1.29, 1.82) is 0 Å². The largest absolute Gasteiger partial charge is 1.00 e. The summed E-state index contributed by atoms with van der Waals surface area (Å²) >= 11 is 0. The van der Waals surface area contributed by atoms with E-state index in [1.807, 2.05) is 13.8 Å². The van der Waals surface area contributed by atoms with Crippen molar-refractivity contribution in [3.63, 3.8) is 0 Å². The zero-order chi connectivity index (χ0) is 64.2. The quantitative estimate of drug-likeness (QED) is 0.133. The van der Waals surface area contributed by atoms with Crippen LogP contribution in [0.4, 0.5) is 39.5 Å². The average Bonchev–Trinajstić information content (AvgIpc) is 1.74. The fourth-order valence-electron chi connectivity index (χ4n) is 26.8. The molecule has 16 heteroatoms. The van der Waals surface area contributed by atoms with Crippen LogP contribution in [0, 0.1) is 144 Å². The summed E-state index contributed by atoms with van der Waals surface area (Å²) in [6, 6.07) is 0. The van der Waals surface area contributed by atoms with Crippen LogP contribution in [0.5, 0.6) is 0 Å². The number of alkyl halides is 9. The second-order valence-electron chi connectivity index (χ2n) is 36.5. The Balaban J connectivity index is 0.000000171. The minimum atomic E-state index is -4.53. The molecular weight excluding hydrogens is 1180 g/mol. The van der Waals surface area contributed by atoms with E-state index in [0.717, 1.165) is 147 Å². The predicted octanol–water partition coefficient (Wildman–Crippen LogP) is 16.0. The molecule has 0 heterocycles. The first-order valence-corrected chi connectivity index (χ1v) is 35.6. The van der Waals surface area contributed by atoms with E-state index in [4.69, 9.17) is 0 Å². The Morgan fingerprint density at radius 3 is 0.831 bits per heavy atom. The summed E-state index contributed by atoms with van der Waals surface area (Å²) in [7, 11) is 0. The molecule has 0 bridgehead atoms. The summed E-state index contributed by atoms with van der Waals surface area (Å²) in [6.07, 6.45) is 8.56. The summed E-state index contributed by atoms with van der Waals surface area (Å²) in [4.78, 5) is 0. The number of fused-ring (bicyclic) bond motifs is 15. The molecule has 6 nitrogen and oxygen atoms in total. The number of aliphatic hydroxyl groups excluding tert-OH is 3. The van der Waals surface area contributed by atoms with Crippen LogP contribution in [0.1, 0.15) is 263 Å². The van der Waals surface area contributed by atoms with Gasteiger partial charge < -0.3 is 31.0 Å². The van der Waals surface area contributed by atoms with Crippen molar-refractivity contribution in [3.8, 4) is 0 Å². The minimum absolute atomic E-state index is 0. The molecule has 12 fully saturated rings. The van der Waals surface area contributed by atoms with Gasteiger partial charge in [0, 0.05) is 0 Å². The van der Waals surface area contributed by atoms with E-state index in [9.17, 15) is 65.0 Å². The van der Waals surface area contributed by atoms with Gasteiger partial charge in [0.1, 0.15) is 0 Å². The van der Waals surface area contributed by atoms with Gasteiger partial charge in [-0.15, -0.1) is 0 Å². The number of rotatable bonds is 6.